The normalized spacial score (nSPS) is 43.2. The van der Waals surface area contributed by atoms with Crippen molar-refractivity contribution in [2.24, 2.45) is 34.5 Å². The van der Waals surface area contributed by atoms with Gasteiger partial charge in [0.05, 0.1) is 13.2 Å². The first-order valence-corrected chi connectivity index (χ1v) is 12.2. The standard InChI is InChI=1S/C25H38O6/c1-5-28-22(26)30-17-11-13-24(3)16(15-17)7-8-18-19-9-10-21(31-23(27)29-6-2)25(19,4)14-12-20(18)24/h11,13,16-21H,5-10,12,14-15H2,1-4H3/t16?,17-,18-,19-,20-,21-,24-,25-/m0/s1. The van der Waals surface area contributed by atoms with Gasteiger partial charge in [0.15, 0.2) is 0 Å². The van der Waals surface area contributed by atoms with E-state index in [9.17, 15) is 9.59 Å². The average Bonchev–Trinajstić information content (AvgIpc) is 3.05. The Morgan fingerprint density at radius 1 is 0.903 bits per heavy atom. The van der Waals surface area contributed by atoms with Gasteiger partial charge in [0.2, 0.25) is 0 Å². The summed E-state index contributed by atoms with van der Waals surface area (Å²) in [5.41, 5.74) is 0.184. The van der Waals surface area contributed by atoms with Gasteiger partial charge >= 0.3 is 12.3 Å². The number of carbonyl (C=O) groups excluding carboxylic acids is 2. The van der Waals surface area contributed by atoms with Gasteiger partial charge in [0, 0.05) is 5.41 Å². The molecular formula is C25H38O6. The maximum Gasteiger partial charge on any atom is 0.508 e. The predicted molar refractivity (Wildman–Crippen MR) is 115 cm³/mol. The number of hydrogen-bond donors (Lipinski definition) is 0. The van der Waals surface area contributed by atoms with Crippen LogP contribution in [0.25, 0.3) is 0 Å². The molecule has 4 aliphatic rings. The summed E-state index contributed by atoms with van der Waals surface area (Å²) in [7, 11) is 0. The highest BCUT2D eigenvalue weighted by Crippen LogP contribution is 2.65. The second-order valence-corrected chi connectivity index (χ2v) is 10.4. The van der Waals surface area contributed by atoms with E-state index >= 15 is 0 Å². The van der Waals surface area contributed by atoms with Crippen LogP contribution in [0.5, 0.6) is 0 Å². The van der Waals surface area contributed by atoms with E-state index < -0.39 is 12.3 Å². The molecule has 4 aliphatic carbocycles. The summed E-state index contributed by atoms with van der Waals surface area (Å²) in [6.45, 7) is 9.03. The zero-order chi connectivity index (χ0) is 22.2. The van der Waals surface area contributed by atoms with Crippen LogP contribution in [0.15, 0.2) is 12.2 Å². The molecule has 0 N–H and O–H groups in total. The van der Waals surface area contributed by atoms with Gasteiger partial charge in [-0.05, 0) is 94.0 Å². The molecule has 3 fully saturated rings. The fourth-order valence-corrected chi connectivity index (χ4v) is 7.55. The SMILES string of the molecule is CCOC(=O)O[C@H]1CC[C@H]2[C@@H]3CCC4C[C@@H](OC(=O)OCC)C=C[C@]4(C)[C@H]3CC[C@]12C. The lowest BCUT2D eigenvalue weighted by Gasteiger charge is -2.59. The molecule has 6 nitrogen and oxygen atoms in total. The molecule has 0 radical (unpaired) electrons. The van der Waals surface area contributed by atoms with Crippen LogP contribution in [0.1, 0.15) is 72.6 Å². The number of allylic oxidation sites excluding steroid dienone is 1. The Kier molecular flexibility index (Phi) is 6.28. The highest BCUT2D eigenvalue weighted by molar-refractivity contribution is 5.60. The molecule has 0 aliphatic heterocycles. The van der Waals surface area contributed by atoms with Gasteiger partial charge in [-0.25, -0.2) is 9.59 Å². The van der Waals surface area contributed by atoms with Gasteiger partial charge in [0.1, 0.15) is 12.2 Å². The summed E-state index contributed by atoms with van der Waals surface area (Å²) >= 11 is 0. The molecular weight excluding hydrogens is 396 g/mol. The second kappa shape index (κ2) is 8.67. The zero-order valence-electron chi connectivity index (χ0n) is 19.4. The fraction of sp³-hybridized carbons (Fsp3) is 0.840. The average molecular weight is 435 g/mol. The number of carbonyl (C=O) groups is 2. The highest BCUT2D eigenvalue weighted by Gasteiger charge is 2.60. The number of rotatable bonds is 4. The molecule has 4 rings (SSSR count). The summed E-state index contributed by atoms with van der Waals surface area (Å²) in [5, 5.41) is 0. The molecule has 174 valence electrons. The van der Waals surface area contributed by atoms with Crippen molar-refractivity contribution in [1.29, 1.82) is 0 Å². The minimum atomic E-state index is -0.568. The van der Waals surface area contributed by atoms with Gasteiger partial charge in [-0.3, -0.25) is 0 Å². The molecule has 0 saturated heterocycles. The topological polar surface area (TPSA) is 71.1 Å². The van der Waals surface area contributed by atoms with Gasteiger partial charge in [-0.15, -0.1) is 0 Å². The monoisotopic (exact) mass is 434 g/mol. The Morgan fingerprint density at radius 3 is 2.32 bits per heavy atom. The van der Waals surface area contributed by atoms with Gasteiger partial charge in [-0.1, -0.05) is 19.9 Å². The molecule has 8 atom stereocenters. The Morgan fingerprint density at radius 2 is 1.61 bits per heavy atom. The molecule has 6 heteroatoms. The molecule has 0 aromatic heterocycles. The quantitative estimate of drug-likeness (QED) is 0.406. The Balaban J connectivity index is 1.47. The van der Waals surface area contributed by atoms with Crippen molar-refractivity contribution in [2.75, 3.05) is 13.2 Å². The lowest BCUT2D eigenvalue weighted by molar-refractivity contribution is -0.108. The van der Waals surface area contributed by atoms with E-state index in [0.717, 1.165) is 38.5 Å². The summed E-state index contributed by atoms with van der Waals surface area (Å²) in [6.07, 6.45) is 10.7. The van der Waals surface area contributed by atoms with E-state index in [4.69, 9.17) is 18.9 Å². The molecule has 3 saturated carbocycles. The molecule has 1 unspecified atom stereocenters. The third-order valence-electron chi connectivity index (χ3n) is 9.07. The van der Waals surface area contributed by atoms with Crippen LogP contribution in [0.3, 0.4) is 0 Å². The third-order valence-corrected chi connectivity index (χ3v) is 9.07. The minimum Gasteiger partial charge on any atom is -0.435 e. The van der Waals surface area contributed by atoms with E-state index in [0.29, 0.717) is 36.9 Å². The smallest absolute Gasteiger partial charge is 0.435 e. The Hall–Kier alpha value is -1.72. The first-order chi connectivity index (χ1) is 14.8. The van der Waals surface area contributed by atoms with Crippen molar-refractivity contribution in [3.8, 4) is 0 Å². The number of ether oxygens (including phenoxy) is 4. The van der Waals surface area contributed by atoms with Crippen LogP contribution in [0, 0.1) is 34.5 Å². The van der Waals surface area contributed by atoms with Crippen LogP contribution in [-0.2, 0) is 18.9 Å². The number of fused-ring (bicyclic) bond motifs is 5. The zero-order valence-corrected chi connectivity index (χ0v) is 19.4. The Bertz CT molecular complexity index is 719. The van der Waals surface area contributed by atoms with E-state index in [1.807, 2.05) is 6.92 Å². The van der Waals surface area contributed by atoms with Crippen molar-refractivity contribution in [2.45, 2.75) is 84.8 Å². The Labute approximate surface area is 186 Å². The molecule has 0 aromatic carbocycles. The summed E-state index contributed by atoms with van der Waals surface area (Å²) in [4.78, 5) is 23.8. The summed E-state index contributed by atoms with van der Waals surface area (Å²) in [5.74, 6) is 2.40. The maximum atomic E-state index is 12.0. The van der Waals surface area contributed by atoms with E-state index in [1.54, 1.807) is 6.92 Å². The lowest BCUT2D eigenvalue weighted by atomic mass is 9.46. The van der Waals surface area contributed by atoms with Crippen LogP contribution < -0.4 is 0 Å². The molecule has 31 heavy (non-hydrogen) atoms. The van der Waals surface area contributed by atoms with Crippen LogP contribution in [-0.4, -0.2) is 37.7 Å². The second-order valence-electron chi connectivity index (χ2n) is 10.4. The maximum absolute atomic E-state index is 12.0. The first-order valence-electron chi connectivity index (χ1n) is 12.2. The van der Waals surface area contributed by atoms with Crippen molar-refractivity contribution >= 4 is 12.3 Å². The van der Waals surface area contributed by atoms with Crippen LogP contribution in [0.2, 0.25) is 0 Å². The van der Waals surface area contributed by atoms with Crippen molar-refractivity contribution < 1.29 is 28.5 Å². The summed E-state index contributed by atoms with van der Waals surface area (Å²) < 4.78 is 21.3. The van der Waals surface area contributed by atoms with Crippen LogP contribution >= 0.6 is 0 Å². The molecule has 0 heterocycles. The lowest BCUT2D eigenvalue weighted by Crippen LogP contribution is -2.53. The number of hydrogen-bond acceptors (Lipinski definition) is 6. The van der Waals surface area contributed by atoms with Gasteiger partial charge in [-0.2, -0.15) is 0 Å². The van der Waals surface area contributed by atoms with Gasteiger partial charge < -0.3 is 18.9 Å². The molecule has 0 bridgehead atoms. The largest absolute Gasteiger partial charge is 0.508 e. The molecule has 0 amide bonds. The molecule has 0 aromatic rings. The van der Waals surface area contributed by atoms with E-state index in [2.05, 4.69) is 26.0 Å². The molecule has 0 spiro atoms. The summed E-state index contributed by atoms with van der Waals surface area (Å²) in [6, 6.07) is 0. The van der Waals surface area contributed by atoms with Crippen LogP contribution in [0.4, 0.5) is 9.59 Å². The highest BCUT2D eigenvalue weighted by atomic mass is 16.7. The fourth-order valence-electron chi connectivity index (χ4n) is 7.55. The third kappa shape index (κ3) is 3.95. The van der Waals surface area contributed by atoms with E-state index in [-0.39, 0.29) is 23.0 Å². The van der Waals surface area contributed by atoms with Gasteiger partial charge in [0.25, 0.3) is 0 Å². The first kappa shape index (κ1) is 22.5. The van der Waals surface area contributed by atoms with E-state index in [1.165, 1.54) is 6.42 Å². The minimum absolute atomic E-state index is 0.0349. The predicted octanol–water partition coefficient (Wildman–Crippen LogP) is 5.89. The van der Waals surface area contributed by atoms with Crippen molar-refractivity contribution in [3.05, 3.63) is 12.2 Å². The van der Waals surface area contributed by atoms with Crippen molar-refractivity contribution in [1.82, 2.24) is 0 Å². The van der Waals surface area contributed by atoms with Crippen molar-refractivity contribution in [3.63, 3.8) is 0 Å².